The third kappa shape index (κ3) is 4.08. The molecule has 2 aromatic rings. The van der Waals surface area contributed by atoms with Gasteiger partial charge in [-0.1, -0.05) is 23.8 Å². The van der Waals surface area contributed by atoms with Gasteiger partial charge >= 0.3 is 0 Å². The number of methoxy groups -OCH3 is 1. The number of aryl methyl sites for hydroxylation is 1. The largest absolute Gasteiger partial charge is 0.496 e. The third-order valence-corrected chi connectivity index (χ3v) is 6.74. The Morgan fingerprint density at radius 1 is 1.10 bits per heavy atom. The average molecular weight is 419 g/mol. The van der Waals surface area contributed by atoms with Crippen LogP contribution >= 0.6 is 0 Å². The lowest BCUT2D eigenvalue weighted by molar-refractivity contribution is -0.387. The highest BCUT2D eigenvalue weighted by Crippen LogP contribution is 2.28. The van der Waals surface area contributed by atoms with Gasteiger partial charge in [0, 0.05) is 32.2 Å². The van der Waals surface area contributed by atoms with E-state index >= 15 is 0 Å². The van der Waals surface area contributed by atoms with Crippen LogP contribution < -0.4 is 4.74 Å². The van der Waals surface area contributed by atoms with Gasteiger partial charge in [-0.2, -0.15) is 4.31 Å². The van der Waals surface area contributed by atoms with Gasteiger partial charge in [-0.15, -0.1) is 0 Å². The summed E-state index contributed by atoms with van der Waals surface area (Å²) < 4.78 is 32.2. The minimum Gasteiger partial charge on any atom is -0.496 e. The second-order valence-corrected chi connectivity index (χ2v) is 8.53. The molecule has 1 saturated heterocycles. The van der Waals surface area contributed by atoms with Crippen molar-refractivity contribution in [3.8, 4) is 5.75 Å². The van der Waals surface area contributed by atoms with Gasteiger partial charge in [0.15, 0.2) is 4.90 Å². The number of carbonyl (C=O) groups excluding carboxylic acids is 1. The zero-order chi connectivity index (χ0) is 21.2. The summed E-state index contributed by atoms with van der Waals surface area (Å²) in [6.45, 7) is 2.32. The third-order valence-electron chi connectivity index (χ3n) is 4.79. The van der Waals surface area contributed by atoms with E-state index < -0.39 is 20.6 Å². The molecule has 1 amide bonds. The van der Waals surface area contributed by atoms with E-state index in [9.17, 15) is 23.3 Å². The summed E-state index contributed by atoms with van der Waals surface area (Å²) in [5.41, 5.74) is 0.866. The molecule has 1 fully saturated rings. The van der Waals surface area contributed by atoms with Crippen LogP contribution in [-0.4, -0.2) is 61.7 Å². The number of nitro benzene ring substituents is 1. The SMILES string of the molecule is COc1ccc(C)cc1C(=O)N1CCN(S(=O)(=O)c2ccccc2[N+](=O)[O-])CC1. The number of amides is 1. The Bertz CT molecular complexity index is 1050. The Morgan fingerprint density at radius 2 is 1.76 bits per heavy atom. The Kier molecular flexibility index (Phi) is 5.85. The quantitative estimate of drug-likeness (QED) is 0.542. The van der Waals surface area contributed by atoms with Crippen molar-refractivity contribution >= 4 is 21.6 Å². The molecule has 0 spiro atoms. The number of nitro groups is 1. The van der Waals surface area contributed by atoms with Gasteiger partial charge in [0.25, 0.3) is 11.6 Å². The number of para-hydroxylation sites is 1. The van der Waals surface area contributed by atoms with Gasteiger partial charge in [-0.25, -0.2) is 8.42 Å². The van der Waals surface area contributed by atoms with Gasteiger partial charge < -0.3 is 9.64 Å². The normalized spacial score (nSPS) is 15.2. The van der Waals surface area contributed by atoms with E-state index in [4.69, 9.17) is 4.74 Å². The number of nitrogens with zero attached hydrogens (tertiary/aromatic N) is 3. The zero-order valence-corrected chi connectivity index (χ0v) is 16.9. The Balaban J connectivity index is 1.78. The van der Waals surface area contributed by atoms with Crippen molar-refractivity contribution in [3.05, 3.63) is 63.7 Å². The lowest BCUT2D eigenvalue weighted by Gasteiger charge is -2.34. The van der Waals surface area contributed by atoms with E-state index in [1.807, 2.05) is 13.0 Å². The molecule has 154 valence electrons. The van der Waals surface area contributed by atoms with Crippen molar-refractivity contribution in [1.82, 2.24) is 9.21 Å². The van der Waals surface area contributed by atoms with Gasteiger partial charge in [0.05, 0.1) is 17.6 Å². The molecule has 9 nitrogen and oxygen atoms in total. The molecule has 0 atom stereocenters. The first-order valence-corrected chi connectivity index (χ1v) is 10.4. The van der Waals surface area contributed by atoms with Crippen LogP contribution in [0.15, 0.2) is 47.4 Å². The highest BCUT2D eigenvalue weighted by Gasteiger charge is 2.34. The molecule has 2 aromatic carbocycles. The number of hydrogen-bond acceptors (Lipinski definition) is 6. The number of benzene rings is 2. The number of piperazine rings is 1. The monoisotopic (exact) mass is 419 g/mol. The summed E-state index contributed by atoms with van der Waals surface area (Å²) >= 11 is 0. The molecular formula is C19H21N3O6S. The first-order valence-electron chi connectivity index (χ1n) is 8.93. The molecule has 0 saturated carbocycles. The summed E-state index contributed by atoms with van der Waals surface area (Å²) in [6, 6.07) is 10.5. The van der Waals surface area contributed by atoms with Crippen LogP contribution in [-0.2, 0) is 10.0 Å². The van der Waals surface area contributed by atoms with E-state index in [2.05, 4.69) is 0 Å². The predicted octanol–water partition coefficient (Wildman–Crippen LogP) is 2.06. The van der Waals surface area contributed by atoms with Crippen LogP contribution in [0, 0.1) is 17.0 Å². The molecule has 3 rings (SSSR count). The maximum Gasteiger partial charge on any atom is 0.289 e. The zero-order valence-electron chi connectivity index (χ0n) is 16.1. The predicted molar refractivity (Wildman–Crippen MR) is 105 cm³/mol. The topological polar surface area (TPSA) is 110 Å². The van der Waals surface area contributed by atoms with E-state index in [0.29, 0.717) is 11.3 Å². The van der Waals surface area contributed by atoms with Crippen molar-refractivity contribution in [2.75, 3.05) is 33.3 Å². The fourth-order valence-electron chi connectivity index (χ4n) is 3.26. The number of rotatable bonds is 5. The van der Waals surface area contributed by atoms with E-state index in [1.54, 1.807) is 17.0 Å². The number of carbonyl (C=O) groups is 1. The lowest BCUT2D eigenvalue weighted by Crippen LogP contribution is -2.50. The summed E-state index contributed by atoms with van der Waals surface area (Å²) in [6.07, 6.45) is 0. The Labute approximate surface area is 168 Å². The van der Waals surface area contributed by atoms with Crippen LogP contribution in [0.2, 0.25) is 0 Å². The minimum atomic E-state index is -4.04. The van der Waals surface area contributed by atoms with Crippen LogP contribution in [0.3, 0.4) is 0 Å². The highest BCUT2D eigenvalue weighted by molar-refractivity contribution is 7.89. The van der Waals surface area contributed by atoms with Gasteiger partial charge in [-0.3, -0.25) is 14.9 Å². The Hall–Kier alpha value is -2.98. The lowest BCUT2D eigenvalue weighted by atomic mass is 10.1. The molecule has 0 radical (unpaired) electrons. The molecule has 0 N–H and O–H groups in total. The van der Waals surface area contributed by atoms with Crippen molar-refractivity contribution < 1.29 is 22.9 Å². The van der Waals surface area contributed by atoms with Crippen LogP contribution in [0.1, 0.15) is 15.9 Å². The Morgan fingerprint density at radius 3 is 2.38 bits per heavy atom. The smallest absolute Gasteiger partial charge is 0.289 e. The number of ether oxygens (including phenoxy) is 1. The van der Waals surface area contributed by atoms with Crippen LogP contribution in [0.25, 0.3) is 0 Å². The maximum atomic E-state index is 12.9. The van der Waals surface area contributed by atoms with E-state index in [0.717, 1.165) is 11.6 Å². The van der Waals surface area contributed by atoms with Crippen LogP contribution in [0.4, 0.5) is 5.69 Å². The highest BCUT2D eigenvalue weighted by atomic mass is 32.2. The van der Waals surface area contributed by atoms with Crippen molar-refractivity contribution in [1.29, 1.82) is 0 Å². The molecule has 0 aliphatic carbocycles. The van der Waals surface area contributed by atoms with Gasteiger partial charge in [0.1, 0.15) is 5.75 Å². The molecule has 0 bridgehead atoms. The summed E-state index contributed by atoms with van der Waals surface area (Å²) in [4.78, 5) is 24.6. The van der Waals surface area contributed by atoms with Crippen molar-refractivity contribution in [2.24, 2.45) is 0 Å². The van der Waals surface area contributed by atoms with Gasteiger partial charge in [-0.05, 0) is 25.1 Å². The number of hydrogen-bond donors (Lipinski definition) is 0. The summed E-state index contributed by atoms with van der Waals surface area (Å²) in [7, 11) is -2.56. The van der Waals surface area contributed by atoms with Crippen LogP contribution in [0.5, 0.6) is 5.75 Å². The molecule has 1 heterocycles. The van der Waals surface area contributed by atoms with Crippen molar-refractivity contribution in [3.63, 3.8) is 0 Å². The molecule has 29 heavy (non-hydrogen) atoms. The first-order chi connectivity index (χ1) is 13.8. The van der Waals surface area contributed by atoms with Crippen molar-refractivity contribution in [2.45, 2.75) is 11.8 Å². The van der Waals surface area contributed by atoms with E-state index in [-0.39, 0.29) is 37.0 Å². The molecule has 10 heteroatoms. The standard InChI is InChI=1S/C19H21N3O6S/c1-14-7-8-17(28-2)15(13-14)19(23)20-9-11-21(12-10-20)29(26,27)18-6-4-3-5-16(18)22(24)25/h3-8,13H,9-12H2,1-2H3. The average Bonchev–Trinajstić information content (AvgIpc) is 2.73. The molecule has 0 aromatic heterocycles. The fourth-order valence-corrected chi connectivity index (χ4v) is 4.84. The molecular weight excluding hydrogens is 398 g/mol. The first kappa shape index (κ1) is 20.7. The van der Waals surface area contributed by atoms with E-state index in [1.165, 1.54) is 29.6 Å². The maximum absolute atomic E-state index is 12.9. The minimum absolute atomic E-state index is 0.0499. The second kappa shape index (κ2) is 8.18. The summed E-state index contributed by atoms with van der Waals surface area (Å²) in [5.74, 6) is 0.212. The second-order valence-electron chi connectivity index (χ2n) is 6.62. The van der Waals surface area contributed by atoms with Gasteiger partial charge in [0.2, 0.25) is 10.0 Å². The molecule has 1 aliphatic rings. The molecule has 0 unspecified atom stereocenters. The summed E-state index contributed by atoms with van der Waals surface area (Å²) in [5, 5.41) is 11.2. The molecule has 1 aliphatic heterocycles. The number of sulfonamides is 1. The fraction of sp³-hybridized carbons (Fsp3) is 0.316.